The molecule has 1 atom stereocenters. The Kier molecular flexibility index (Phi) is 4.93. The van der Waals surface area contributed by atoms with Crippen LogP contribution in [0.2, 0.25) is 0 Å². The molecule has 1 fully saturated rings. The molecule has 2 aromatic rings. The molecular weight excluding hydrogens is 308 g/mol. The molecule has 3 rings (SSSR count). The highest BCUT2D eigenvalue weighted by atomic mass is 32.1. The van der Waals surface area contributed by atoms with Gasteiger partial charge in [0.15, 0.2) is 11.7 Å². The number of quaternary nitrogens is 1. The summed E-state index contributed by atoms with van der Waals surface area (Å²) < 4.78 is 0. The maximum absolute atomic E-state index is 11.8. The Morgan fingerprint density at radius 2 is 2.09 bits per heavy atom. The maximum atomic E-state index is 11.8. The monoisotopic (exact) mass is 331 g/mol. The van der Waals surface area contributed by atoms with Gasteiger partial charge >= 0.3 is 0 Å². The van der Waals surface area contributed by atoms with E-state index in [1.807, 2.05) is 7.05 Å². The van der Waals surface area contributed by atoms with Gasteiger partial charge in [0.05, 0.1) is 7.05 Å². The first-order chi connectivity index (χ1) is 11.1. The summed E-state index contributed by atoms with van der Waals surface area (Å²) in [5, 5.41) is 9.28. The van der Waals surface area contributed by atoms with Gasteiger partial charge in [-0.05, 0) is 31.9 Å². The normalized spacial score (nSPS) is 15.2. The van der Waals surface area contributed by atoms with Crippen LogP contribution in [0.3, 0.4) is 0 Å². The fraction of sp³-hybridized carbons (Fsp3) is 0.412. The van der Waals surface area contributed by atoms with Crippen LogP contribution in [0.4, 0.5) is 10.8 Å². The van der Waals surface area contributed by atoms with Crippen molar-refractivity contribution in [2.75, 3.05) is 18.9 Å². The predicted molar refractivity (Wildman–Crippen MR) is 93.2 cm³/mol. The van der Waals surface area contributed by atoms with Crippen LogP contribution in [-0.2, 0) is 11.3 Å². The Labute approximate surface area is 140 Å². The number of carbonyl (C=O) groups is 1. The number of anilines is 2. The first-order valence-electron chi connectivity index (χ1n) is 7.97. The van der Waals surface area contributed by atoms with Crippen LogP contribution in [0.15, 0.2) is 29.6 Å². The zero-order chi connectivity index (χ0) is 16.2. The molecule has 23 heavy (non-hydrogen) atoms. The lowest BCUT2D eigenvalue weighted by molar-refractivity contribution is -0.885. The number of nitrogens with one attached hydrogen (secondary N) is 3. The van der Waals surface area contributed by atoms with Crippen LogP contribution in [0, 0.1) is 6.92 Å². The summed E-state index contributed by atoms with van der Waals surface area (Å²) in [6.07, 6.45) is 2.26. The van der Waals surface area contributed by atoms with Crippen LogP contribution in [0.25, 0.3) is 0 Å². The minimum absolute atomic E-state index is 0.137. The van der Waals surface area contributed by atoms with Crippen LogP contribution < -0.4 is 15.5 Å². The molecule has 1 unspecified atom stereocenters. The predicted octanol–water partition coefficient (Wildman–Crippen LogP) is 1.49. The summed E-state index contributed by atoms with van der Waals surface area (Å²) in [4.78, 5) is 17.6. The smallest absolute Gasteiger partial charge is 0.275 e. The van der Waals surface area contributed by atoms with Gasteiger partial charge in [-0.3, -0.25) is 4.79 Å². The largest absolute Gasteiger partial charge is 0.348 e. The molecule has 3 N–H and O–H groups in total. The van der Waals surface area contributed by atoms with E-state index in [0.29, 0.717) is 12.6 Å². The number of thiazole rings is 1. The second-order valence-electron chi connectivity index (χ2n) is 6.29. The van der Waals surface area contributed by atoms with Crippen LogP contribution >= 0.6 is 11.3 Å². The Balaban J connectivity index is 1.49. The number of amides is 1. The van der Waals surface area contributed by atoms with Gasteiger partial charge in [0.2, 0.25) is 0 Å². The van der Waals surface area contributed by atoms with Crippen molar-refractivity contribution < 1.29 is 9.69 Å². The fourth-order valence-electron chi connectivity index (χ4n) is 2.36. The number of hydrogen-bond donors (Lipinski definition) is 3. The third-order valence-corrected chi connectivity index (χ3v) is 4.55. The molecule has 122 valence electrons. The Bertz CT molecular complexity index is 663. The number of benzene rings is 1. The van der Waals surface area contributed by atoms with Gasteiger partial charge < -0.3 is 15.5 Å². The molecule has 0 spiro atoms. The highest BCUT2D eigenvalue weighted by Crippen LogP contribution is 2.21. The minimum Gasteiger partial charge on any atom is -0.348 e. The number of aryl methyl sites for hydroxylation is 1. The van der Waals surface area contributed by atoms with Crippen LogP contribution in [-0.4, -0.2) is 30.5 Å². The summed E-state index contributed by atoms with van der Waals surface area (Å²) in [5.74, 6) is 0.137. The molecule has 1 heterocycles. The number of nitrogens with zero attached hydrogens (tertiary/aromatic N) is 1. The number of hydrogen-bond acceptors (Lipinski definition) is 4. The van der Waals surface area contributed by atoms with Crippen molar-refractivity contribution >= 4 is 28.1 Å². The van der Waals surface area contributed by atoms with Crippen molar-refractivity contribution in [2.45, 2.75) is 32.4 Å². The zero-order valence-electron chi connectivity index (χ0n) is 13.6. The van der Waals surface area contributed by atoms with Crippen molar-refractivity contribution in [3.8, 4) is 0 Å². The van der Waals surface area contributed by atoms with Gasteiger partial charge in [0.25, 0.3) is 5.91 Å². The summed E-state index contributed by atoms with van der Waals surface area (Å²) in [5.41, 5.74) is 3.30. The van der Waals surface area contributed by atoms with Gasteiger partial charge in [0, 0.05) is 17.1 Å². The summed E-state index contributed by atoms with van der Waals surface area (Å²) in [6, 6.07) is 8.69. The summed E-state index contributed by atoms with van der Waals surface area (Å²) in [7, 11) is 2.03. The molecule has 0 bridgehead atoms. The minimum atomic E-state index is 0.137. The lowest BCUT2D eigenvalue weighted by Crippen LogP contribution is -3.09. The van der Waals surface area contributed by atoms with Crippen molar-refractivity contribution in [3.05, 3.63) is 40.9 Å². The average molecular weight is 331 g/mol. The van der Waals surface area contributed by atoms with Gasteiger partial charge in [0.1, 0.15) is 12.2 Å². The molecule has 0 aliphatic heterocycles. The van der Waals surface area contributed by atoms with E-state index in [1.165, 1.54) is 5.56 Å². The molecule has 1 amide bonds. The molecule has 1 saturated carbocycles. The molecular formula is C17H23N4OS+. The van der Waals surface area contributed by atoms with Gasteiger partial charge in [-0.1, -0.05) is 17.7 Å². The molecule has 1 aromatic carbocycles. The first kappa shape index (κ1) is 16.0. The third-order valence-electron chi connectivity index (χ3n) is 3.74. The van der Waals surface area contributed by atoms with E-state index in [0.717, 1.165) is 40.8 Å². The lowest BCUT2D eigenvalue weighted by Gasteiger charge is -2.12. The van der Waals surface area contributed by atoms with Gasteiger partial charge in [-0.2, -0.15) is 0 Å². The molecule has 6 heteroatoms. The number of aromatic nitrogens is 1. The highest BCUT2D eigenvalue weighted by molar-refractivity contribution is 7.13. The molecule has 1 aliphatic carbocycles. The lowest BCUT2D eigenvalue weighted by atomic mass is 10.2. The second kappa shape index (κ2) is 7.10. The number of rotatable bonds is 7. The van der Waals surface area contributed by atoms with Crippen molar-refractivity contribution in [2.24, 2.45) is 0 Å². The summed E-state index contributed by atoms with van der Waals surface area (Å²) >= 11 is 1.59. The second-order valence-corrected chi connectivity index (χ2v) is 7.15. The van der Waals surface area contributed by atoms with E-state index in [9.17, 15) is 4.79 Å². The number of likely N-dealkylation sites (N-methyl/N-ethyl adjacent to an activating group) is 1. The SMILES string of the molecule is Cc1ccc(Nc2nc(C[NH+](C)CC(=O)NC3CC3)cs2)cc1. The van der Waals surface area contributed by atoms with E-state index in [-0.39, 0.29) is 5.91 Å². The van der Waals surface area contributed by atoms with E-state index >= 15 is 0 Å². The average Bonchev–Trinajstić information content (AvgIpc) is 3.20. The van der Waals surface area contributed by atoms with Gasteiger partial charge in [-0.15, -0.1) is 11.3 Å². The topological polar surface area (TPSA) is 58.5 Å². The Morgan fingerprint density at radius 3 is 2.78 bits per heavy atom. The van der Waals surface area contributed by atoms with E-state index < -0.39 is 0 Å². The molecule has 1 aliphatic rings. The molecule has 0 radical (unpaired) electrons. The van der Waals surface area contributed by atoms with E-state index in [1.54, 1.807) is 11.3 Å². The third kappa shape index (κ3) is 5.04. The van der Waals surface area contributed by atoms with Crippen molar-refractivity contribution in [1.29, 1.82) is 0 Å². The van der Waals surface area contributed by atoms with E-state index in [4.69, 9.17) is 0 Å². The summed E-state index contributed by atoms with van der Waals surface area (Å²) in [6.45, 7) is 3.32. The Hall–Kier alpha value is -1.92. The van der Waals surface area contributed by atoms with E-state index in [2.05, 4.69) is 52.2 Å². The maximum Gasteiger partial charge on any atom is 0.275 e. The van der Waals surface area contributed by atoms with Crippen molar-refractivity contribution in [1.82, 2.24) is 10.3 Å². The standard InChI is InChI=1S/C17H22N4OS/c1-12-3-5-14(6-4-12)19-17-20-15(11-23-17)9-21(2)10-16(22)18-13-7-8-13/h3-6,11,13H,7-10H2,1-2H3,(H,18,22)(H,19,20)/p+1. The molecule has 1 aromatic heterocycles. The highest BCUT2D eigenvalue weighted by Gasteiger charge is 2.24. The van der Waals surface area contributed by atoms with Crippen LogP contribution in [0.5, 0.6) is 0 Å². The molecule has 0 saturated heterocycles. The quantitative estimate of drug-likeness (QED) is 0.720. The van der Waals surface area contributed by atoms with Crippen LogP contribution in [0.1, 0.15) is 24.1 Å². The Morgan fingerprint density at radius 1 is 1.35 bits per heavy atom. The molecule has 5 nitrogen and oxygen atoms in total. The zero-order valence-corrected chi connectivity index (χ0v) is 14.4. The van der Waals surface area contributed by atoms with Crippen molar-refractivity contribution in [3.63, 3.8) is 0 Å². The van der Waals surface area contributed by atoms with Gasteiger partial charge in [-0.25, -0.2) is 4.98 Å². The number of carbonyl (C=O) groups excluding carboxylic acids is 1. The first-order valence-corrected chi connectivity index (χ1v) is 8.85. The fourth-order valence-corrected chi connectivity index (χ4v) is 3.09.